The van der Waals surface area contributed by atoms with Crippen LogP contribution in [0.4, 0.5) is 10.8 Å². The van der Waals surface area contributed by atoms with E-state index in [4.69, 9.17) is 4.98 Å². The largest absolute Gasteiger partial charge is 0.321 e. The van der Waals surface area contributed by atoms with Crippen LogP contribution in [0.25, 0.3) is 0 Å². The summed E-state index contributed by atoms with van der Waals surface area (Å²) in [6.45, 7) is 10.4. The van der Waals surface area contributed by atoms with Crippen molar-refractivity contribution in [2.45, 2.75) is 40.0 Å². The first-order valence-corrected chi connectivity index (χ1v) is 7.82. The number of benzene rings is 1. The second-order valence-corrected chi connectivity index (χ2v) is 7.49. The van der Waals surface area contributed by atoms with Crippen LogP contribution in [0.2, 0.25) is 0 Å². The first-order chi connectivity index (χ1) is 9.72. The average molecular weight is 302 g/mol. The van der Waals surface area contributed by atoms with Crippen LogP contribution in [0, 0.1) is 13.8 Å². The summed E-state index contributed by atoms with van der Waals surface area (Å²) in [5, 5.41) is 0.854. The van der Waals surface area contributed by atoms with Gasteiger partial charge < -0.3 is 4.90 Å². The Morgan fingerprint density at radius 2 is 1.71 bits per heavy atom. The molecule has 0 atom stereocenters. The third-order valence-corrected chi connectivity index (χ3v) is 4.40. The van der Waals surface area contributed by atoms with Crippen molar-refractivity contribution in [3.8, 4) is 0 Å². The van der Waals surface area contributed by atoms with Crippen LogP contribution in [0.3, 0.4) is 0 Å². The van der Waals surface area contributed by atoms with Gasteiger partial charge >= 0.3 is 0 Å². The minimum absolute atomic E-state index is 0.131. The topological polar surface area (TPSA) is 33.2 Å². The van der Waals surface area contributed by atoms with E-state index >= 15 is 0 Å². The van der Waals surface area contributed by atoms with E-state index in [2.05, 4.69) is 52.8 Å². The standard InChI is InChI=1S/C17H22N2OS/c1-11-7-12(2)9-13(8-11)19(6)16-18-15(17(3,4)5)14(10-20)21-16/h7-10H,1-6H3. The Morgan fingerprint density at radius 3 is 2.14 bits per heavy atom. The number of aldehydes is 1. The van der Waals surface area contributed by atoms with Gasteiger partial charge in [0.1, 0.15) is 0 Å². The fourth-order valence-electron chi connectivity index (χ4n) is 2.34. The predicted octanol–water partition coefficient (Wildman–Crippen LogP) is 4.64. The fraction of sp³-hybridized carbons (Fsp3) is 0.412. The molecule has 0 unspecified atom stereocenters. The van der Waals surface area contributed by atoms with E-state index in [9.17, 15) is 4.79 Å². The molecule has 3 nitrogen and oxygen atoms in total. The second kappa shape index (κ2) is 5.60. The Bertz CT molecular complexity index is 648. The van der Waals surface area contributed by atoms with Crippen molar-refractivity contribution in [2.24, 2.45) is 0 Å². The van der Waals surface area contributed by atoms with Gasteiger partial charge in [-0.3, -0.25) is 4.79 Å². The summed E-state index contributed by atoms with van der Waals surface area (Å²) in [6.07, 6.45) is 0.914. The lowest BCUT2D eigenvalue weighted by Gasteiger charge is -2.18. The molecule has 112 valence electrons. The maximum Gasteiger partial charge on any atom is 0.190 e. The zero-order valence-corrected chi connectivity index (χ0v) is 14.3. The number of aromatic nitrogens is 1. The third kappa shape index (κ3) is 3.32. The Balaban J connectivity index is 2.46. The summed E-state index contributed by atoms with van der Waals surface area (Å²) < 4.78 is 0. The second-order valence-electron chi connectivity index (χ2n) is 6.48. The molecular weight excluding hydrogens is 280 g/mol. The summed E-state index contributed by atoms with van der Waals surface area (Å²) in [5.41, 5.74) is 4.28. The summed E-state index contributed by atoms with van der Waals surface area (Å²) in [4.78, 5) is 18.8. The fourth-order valence-corrected chi connectivity index (χ4v) is 3.41. The maximum atomic E-state index is 11.3. The monoisotopic (exact) mass is 302 g/mol. The van der Waals surface area contributed by atoms with Gasteiger partial charge in [-0.25, -0.2) is 4.98 Å². The van der Waals surface area contributed by atoms with Gasteiger partial charge in [-0.15, -0.1) is 0 Å². The zero-order chi connectivity index (χ0) is 15.8. The Kier molecular flexibility index (Phi) is 4.19. The van der Waals surface area contributed by atoms with E-state index in [1.165, 1.54) is 22.5 Å². The first kappa shape index (κ1) is 15.7. The van der Waals surface area contributed by atoms with E-state index < -0.39 is 0 Å². The van der Waals surface area contributed by atoms with E-state index in [0.717, 1.165) is 22.8 Å². The molecule has 0 aliphatic heterocycles. The van der Waals surface area contributed by atoms with Crippen LogP contribution in [0.15, 0.2) is 18.2 Å². The van der Waals surface area contributed by atoms with Gasteiger partial charge in [0.15, 0.2) is 11.4 Å². The molecule has 0 bridgehead atoms. The van der Waals surface area contributed by atoms with Crippen molar-refractivity contribution in [1.29, 1.82) is 0 Å². The highest BCUT2D eigenvalue weighted by Gasteiger charge is 2.24. The molecule has 1 aromatic carbocycles. The van der Waals surface area contributed by atoms with Crippen LogP contribution in [-0.2, 0) is 5.41 Å². The number of thiazole rings is 1. The first-order valence-electron chi connectivity index (χ1n) is 7.01. The number of nitrogens with zero attached hydrogens (tertiary/aromatic N) is 2. The van der Waals surface area contributed by atoms with Gasteiger partial charge in [0.2, 0.25) is 0 Å². The quantitative estimate of drug-likeness (QED) is 0.775. The molecule has 0 aliphatic rings. The molecule has 0 spiro atoms. The third-order valence-electron chi connectivity index (χ3n) is 3.34. The van der Waals surface area contributed by atoms with Crippen molar-refractivity contribution in [3.63, 3.8) is 0 Å². The van der Waals surface area contributed by atoms with Crippen molar-refractivity contribution in [3.05, 3.63) is 39.9 Å². The summed E-state index contributed by atoms with van der Waals surface area (Å²) >= 11 is 1.45. The maximum absolute atomic E-state index is 11.3. The van der Waals surface area contributed by atoms with Gasteiger partial charge in [0.05, 0.1) is 10.6 Å². The highest BCUT2D eigenvalue weighted by Crippen LogP contribution is 2.35. The van der Waals surface area contributed by atoms with Gasteiger partial charge in [0.25, 0.3) is 0 Å². The lowest BCUT2D eigenvalue weighted by Crippen LogP contribution is -2.15. The number of carbonyl (C=O) groups excluding carboxylic acids is 1. The van der Waals surface area contributed by atoms with Gasteiger partial charge in [0, 0.05) is 18.2 Å². The summed E-state index contributed by atoms with van der Waals surface area (Å²) in [6, 6.07) is 6.41. The lowest BCUT2D eigenvalue weighted by atomic mass is 9.91. The van der Waals surface area contributed by atoms with Crippen LogP contribution >= 0.6 is 11.3 Å². The minimum atomic E-state index is -0.131. The molecule has 0 fully saturated rings. The normalized spacial score (nSPS) is 11.5. The number of anilines is 2. The number of hydrogen-bond acceptors (Lipinski definition) is 4. The van der Waals surface area contributed by atoms with Gasteiger partial charge in [-0.1, -0.05) is 38.2 Å². The van der Waals surface area contributed by atoms with E-state index in [0.29, 0.717) is 4.88 Å². The van der Waals surface area contributed by atoms with E-state index in [-0.39, 0.29) is 5.41 Å². The SMILES string of the molecule is Cc1cc(C)cc(N(C)c2nc(C(C)(C)C)c(C=O)s2)c1. The van der Waals surface area contributed by atoms with E-state index in [1.807, 2.05) is 11.9 Å². The van der Waals surface area contributed by atoms with Gasteiger partial charge in [-0.2, -0.15) is 0 Å². The number of aryl methyl sites for hydroxylation is 2. The number of rotatable bonds is 3. The van der Waals surface area contributed by atoms with Crippen LogP contribution in [-0.4, -0.2) is 18.3 Å². The van der Waals surface area contributed by atoms with Crippen molar-refractivity contribution in [1.82, 2.24) is 4.98 Å². The molecule has 0 saturated heterocycles. The molecular formula is C17H22N2OS. The van der Waals surface area contributed by atoms with Crippen LogP contribution in [0.5, 0.6) is 0 Å². The van der Waals surface area contributed by atoms with Crippen LogP contribution < -0.4 is 4.90 Å². The molecule has 1 heterocycles. The highest BCUT2D eigenvalue weighted by atomic mass is 32.1. The Morgan fingerprint density at radius 1 is 1.14 bits per heavy atom. The Labute approximate surface area is 130 Å². The van der Waals surface area contributed by atoms with Crippen molar-refractivity contribution >= 4 is 28.4 Å². The molecule has 0 radical (unpaired) electrons. The average Bonchev–Trinajstić information content (AvgIpc) is 2.80. The van der Waals surface area contributed by atoms with Crippen molar-refractivity contribution in [2.75, 3.05) is 11.9 Å². The molecule has 21 heavy (non-hydrogen) atoms. The molecule has 1 aromatic heterocycles. The number of hydrogen-bond donors (Lipinski definition) is 0. The number of carbonyl (C=O) groups is 1. The smallest absolute Gasteiger partial charge is 0.190 e. The molecule has 0 amide bonds. The molecule has 0 saturated carbocycles. The molecule has 0 N–H and O–H groups in total. The lowest BCUT2D eigenvalue weighted by molar-refractivity contribution is 0.112. The van der Waals surface area contributed by atoms with Gasteiger partial charge in [-0.05, 0) is 37.1 Å². The molecule has 2 rings (SSSR count). The van der Waals surface area contributed by atoms with Crippen LogP contribution in [0.1, 0.15) is 47.3 Å². The Hall–Kier alpha value is -1.68. The molecule has 0 aliphatic carbocycles. The minimum Gasteiger partial charge on any atom is -0.321 e. The van der Waals surface area contributed by atoms with E-state index in [1.54, 1.807) is 0 Å². The summed E-state index contributed by atoms with van der Waals surface area (Å²) in [5.74, 6) is 0. The van der Waals surface area contributed by atoms with Crippen molar-refractivity contribution < 1.29 is 4.79 Å². The highest BCUT2D eigenvalue weighted by molar-refractivity contribution is 7.17. The molecule has 2 aromatic rings. The predicted molar refractivity (Wildman–Crippen MR) is 90.2 cm³/mol. The molecule has 4 heteroatoms. The zero-order valence-electron chi connectivity index (χ0n) is 13.5. The summed E-state index contributed by atoms with van der Waals surface area (Å²) in [7, 11) is 1.99.